The minimum atomic E-state index is 0. The van der Waals surface area contributed by atoms with E-state index in [1.807, 2.05) is 35.9 Å². The van der Waals surface area contributed by atoms with E-state index in [9.17, 15) is 5.11 Å². The maximum atomic E-state index is 10.5. The molecule has 0 amide bonds. The van der Waals surface area contributed by atoms with Gasteiger partial charge in [-0.15, -0.1) is 10.5 Å². The molecule has 114 valence electrons. The Morgan fingerprint density at radius 2 is 1.68 bits per heavy atom. The largest absolute Gasteiger partial charge is 0.870 e. The van der Waals surface area contributed by atoms with Gasteiger partial charge in [-0.2, -0.15) is 5.01 Å². The summed E-state index contributed by atoms with van der Waals surface area (Å²) in [4.78, 5) is 0. The highest BCUT2D eigenvalue weighted by Crippen LogP contribution is 2.34. The maximum Gasteiger partial charge on any atom is 0.267 e. The highest BCUT2D eigenvalue weighted by Gasteiger charge is 2.38. The molecule has 0 aromatic heterocycles. The van der Waals surface area contributed by atoms with Crippen LogP contribution in [-0.4, -0.2) is 10.6 Å². The van der Waals surface area contributed by atoms with Crippen LogP contribution in [-0.2, 0) is 6.42 Å². The van der Waals surface area contributed by atoms with Gasteiger partial charge in [0, 0.05) is 11.4 Å². The number of rotatable bonds is 1. The van der Waals surface area contributed by atoms with E-state index in [0.717, 1.165) is 29.9 Å². The van der Waals surface area contributed by atoms with Crippen molar-refractivity contribution in [3.8, 4) is 0 Å². The number of halogens is 1. The first-order valence-electron chi connectivity index (χ1n) is 6.93. The Labute approximate surface area is 133 Å². The summed E-state index contributed by atoms with van der Waals surface area (Å²) in [6.07, 6.45) is 1.79. The van der Waals surface area contributed by atoms with Crippen LogP contribution in [0.25, 0.3) is 0 Å². The van der Waals surface area contributed by atoms with Crippen LogP contribution in [0.4, 0.5) is 11.4 Å². The van der Waals surface area contributed by atoms with Crippen LogP contribution < -0.4 is 15.6 Å². The van der Waals surface area contributed by atoms with E-state index in [0.29, 0.717) is 10.9 Å². The Morgan fingerprint density at radius 1 is 0.955 bits per heavy atom. The number of para-hydroxylation sites is 1. The Morgan fingerprint density at radius 3 is 2.45 bits per heavy atom. The second-order valence-electron chi connectivity index (χ2n) is 5.23. The van der Waals surface area contributed by atoms with Crippen LogP contribution in [0.2, 0.25) is 5.02 Å². The van der Waals surface area contributed by atoms with Crippen LogP contribution >= 0.6 is 11.6 Å². The van der Waals surface area contributed by atoms with Crippen molar-refractivity contribution < 1.29 is 16.1 Å². The van der Waals surface area contributed by atoms with E-state index in [1.165, 1.54) is 5.56 Å². The molecule has 0 fully saturated rings. The molecule has 0 unspecified atom stereocenters. The third kappa shape index (κ3) is 2.20. The van der Waals surface area contributed by atoms with E-state index < -0.39 is 0 Å². The second-order valence-corrected chi connectivity index (χ2v) is 5.67. The lowest BCUT2D eigenvalue weighted by atomic mass is 10.0. The number of hydrogen-bond acceptors (Lipinski definition) is 4. The minimum Gasteiger partial charge on any atom is -0.870 e. The predicted molar refractivity (Wildman–Crippen MR) is 84.7 cm³/mol. The lowest BCUT2D eigenvalue weighted by molar-refractivity contribution is -0.661. The van der Waals surface area contributed by atoms with Gasteiger partial charge < -0.3 is 10.6 Å². The molecule has 0 aliphatic carbocycles. The summed E-state index contributed by atoms with van der Waals surface area (Å²) in [6, 6.07) is 15.8. The molecule has 2 aromatic carbocycles. The summed E-state index contributed by atoms with van der Waals surface area (Å²) in [6.45, 7) is 0. The number of aliphatic hydroxyl groups excluding tert-OH is 1. The summed E-state index contributed by atoms with van der Waals surface area (Å²) in [5.41, 5.74) is 6.23. The summed E-state index contributed by atoms with van der Waals surface area (Å²) >= 11 is 5.93. The molecule has 2 heterocycles. The Hall–Kier alpha value is -2.21. The molecule has 2 aliphatic rings. The quantitative estimate of drug-likeness (QED) is 0.793. The SMILES string of the molecule is OC1=C2CCc3ccccc3N2[NH2+]N1c1ccc(Cl)cc1.[OH-]. The Balaban J connectivity index is 0.00000144. The van der Waals surface area contributed by atoms with Gasteiger partial charge in [0.1, 0.15) is 11.4 Å². The zero-order valence-electron chi connectivity index (χ0n) is 11.8. The number of benzene rings is 2. The van der Waals surface area contributed by atoms with Crippen LogP contribution in [0, 0.1) is 0 Å². The molecule has 0 saturated heterocycles. The summed E-state index contributed by atoms with van der Waals surface area (Å²) in [5, 5.41) is 15.1. The lowest BCUT2D eigenvalue weighted by Gasteiger charge is -2.25. The highest BCUT2D eigenvalue weighted by atomic mass is 35.5. The van der Waals surface area contributed by atoms with E-state index in [1.54, 1.807) is 5.01 Å². The van der Waals surface area contributed by atoms with Crippen molar-refractivity contribution in [3.05, 3.63) is 70.7 Å². The average molecular weight is 318 g/mol. The first kappa shape index (κ1) is 14.7. The molecule has 4 rings (SSSR count). The first-order valence-corrected chi connectivity index (χ1v) is 7.31. The molecule has 0 bridgehead atoms. The molecule has 6 heteroatoms. The standard InChI is InChI=1S/C16H14ClN3O.H2O/c17-12-6-8-13(9-7-12)19-16(21)15-10-5-11-3-1-2-4-14(11)20(15)18-19;/h1-4,6-9,18,21H,5,10H2;1H2. The van der Waals surface area contributed by atoms with Crippen molar-refractivity contribution >= 4 is 23.0 Å². The topological polar surface area (TPSA) is 73.3 Å². The molecule has 4 N–H and O–H groups in total. The number of nitrogens with two attached hydrogens (primary N) is 1. The van der Waals surface area contributed by atoms with E-state index >= 15 is 0 Å². The maximum absolute atomic E-state index is 10.5. The van der Waals surface area contributed by atoms with Crippen molar-refractivity contribution in [1.82, 2.24) is 0 Å². The fourth-order valence-electron chi connectivity index (χ4n) is 2.93. The number of anilines is 2. The van der Waals surface area contributed by atoms with Crippen molar-refractivity contribution in [2.45, 2.75) is 12.8 Å². The third-order valence-electron chi connectivity index (χ3n) is 4.00. The van der Waals surface area contributed by atoms with E-state index in [2.05, 4.69) is 23.2 Å². The Bertz CT molecular complexity index is 730. The molecule has 0 atom stereocenters. The van der Waals surface area contributed by atoms with Gasteiger partial charge in [-0.25, -0.2) is 0 Å². The van der Waals surface area contributed by atoms with Crippen molar-refractivity contribution in [2.24, 2.45) is 0 Å². The minimum absolute atomic E-state index is 0. The molecular weight excluding hydrogens is 302 g/mol. The molecule has 0 spiro atoms. The number of aryl methyl sites for hydroxylation is 1. The van der Waals surface area contributed by atoms with Gasteiger partial charge >= 0.3 is 0 Å². The molecular formula is C16H16ClN3O2. The van der Waals surface area contributed by atoms with Gasteiger partial charge in [0.25, 0.3) is 5.88 Å². The lowest BCUT2D eigenvalue weighted by Crippen LogP contribution is -2.99. The average Bonchev–Trinajstić information content (AvgIpc) is 2.86. The molecule has 0 saturated carbocycles. The third-order valence-corrected chi connectivity index (χ3v) is 4.25. The molecule has 2 aromatic rings. The van der Waals surface area contributed by atoms with Gasteiger partial charge in [-0.1, -0.05) is 29.8 Å². The smallest absolute Gasteiger partial charge is 0.267 e. The van der Waals surface area contributed by atoms with E-state index in [4.69, 9.17) is 11.6 Å². The summed E-state index contributed by atoms with van der Waals surface area (Å²) in [7, 11) is 0. The zero-order chi connectivity index (χ0) is 14.4. The predicted octanol–water partition coefficient (Wildman–Crippen LogP) is 2.56. The van der Waals surface area contributed by atoms with Crippen LogP contribution in [0.15, 0.2) is 60.1 Å². The van der Waals surface area contributed by atoms with Crippen molar-refractivity contribution in [2.75, 3.05) is 10.0 Å². The summed E-state index contributed by atoms with van der Waals surface area (Å²) in [5.74, 6) is 0.298. The number of aliphatic hydroxyl groups is 1. The van der Waals surface area contributed by atoms with Crippen LogP contribution in [0.5, 0.6) is 0 Å². The number of nitrogens with zero attached hydrogens (tertiary/aromatic N) is 2. The second kappa shape index (κ2) is 5.53. The first-order chi connectivity index (χ1) is 10.2. The Kier molecular flexibility index (Phi) is 3.70. The van der Waals surface area contributed by atoms with Gasteiger partial charge in [-0.05, 0) is 42.3 Å². The fraction of sp³-hybridized carbons (Fsp3) is 0.125. The molecule has 0 radical (unpaired) electrons. The van der Waals surface area contributed by atoms with Gasteiger partial charge in [0.2, 0.25) is 0 Å². The van der Waals surface area contributed by atoms with Gasteiger partial charge in [-0.3, -0.25) is 0 Å². The fourth-order valence-corrected chi connectivity index (χ4v) is 3.05. The molecule has 5 nitrogen and oxygen atoms in total. The normalized spacial score (nSPS) is 16.2. The summed E-state index contributed by atoms with van der Waals surface area (Å²) < 4.78 is 0. The number of allylic oxidation sites excluding steroid dienone is 1. The van der Waals surface area contributed by atoms with E-state index in [-0.39, 0.29) is 5.48 Å². The molecule has 2 aliphatic heterocycles. The van der Waals surface area contributed by atoms with Crippen LogP contribution in [0.3, 0.4) is 0 Å². The number of quaternary nitrogens is 1. The van der Waals surface area contributed by atoms with Crippen molar-refractivity contribution in [1.29, 1.82) is 0 Å². The molecule has 22 heavy (non-hydrogen) atoms. The number of hydrogen-bond donors (Lipinski definition) is 2. The van der Waals surface area contributed by atoms with Crippen LogP contribution in [0.1, 0.15) is 12.0 Å². The number of fused-ring (bicyclic) bond motifs is 3. The highest BCUT2D eigenvalue weighted by molar-refractivity contribution is 6.30. The zero-order valence-corrected chi connectivity index (χ0v) is 12.5. The monoisotopic (exact) mass is 317 g/mol. The van der Waals surface area contributed by atoms with Crippen molar-refractivity contribution in [3.63, 3.8) is 0 Å². The van der Waals surface area contributed by atoms with Gasteiger partial charge in [0.05, 0.1) is 5.69 Å². The van der Waals surface area contributed by atoms with Gasteiger partial charge in [0.15, 0.2) is 0 Å².